The van der Waals surface area contributed by atoms with Gasteiger partial charge in [-0.3, -0.25) is 9.89 Å². The molecule has 2 atom stereocenters. The van der Waals surface area contributed by atoms with Crippen LogP contribution in [0.1, 0.15) is 32.5 Å². The van der Waals surface area contributed by atoms with Crippen LogP contribution in [0.2, 0.25) is 0 Å². The second kappa shape index (κ2) is 6.65. The summed E-state index contributed by atoms with van der Waals surface area (Å²) in [7, 11) is 0. The number of aromatic amines is 1. The van der Waals surface area contributed by atoms with E-state index in [1.807, 2.05) is 0 Å². The molecule has 0 spiro atoms. The molecule has 6 heteroatoms. The first-order valence-corrected chi connectivity index (χ1v) is 6.89. The molecule has 0 bridgehead atoms. The molecule has 2 rings (SSSR count). The van der Waals surface area contributed by atoms with Crippen LogP contribution in [0.3, 0.4) is 0 Å². The largest absolute Gasteiger partial charge is 0.378 e. The zero-order chi connectivity index (χ0) is 13.7. The standard InChI is InChI=1S/C13H22N4O2/c1-9(2)13-10(5-6-19-13)7-14-12(18)4-3-11-15-8-16-17-11/h8-10,13H,3-7H2,1-2H3,(H,14,18)(H,15,16,17)/t10-,13-/m1/s1. The maximum atomic E-state index is 11.8. The van der Waals surface area contributed by atoms with E-state index in [0.29, 0.717) is 31.2 Å². The zero-order valence-corrected chi connectivity index (χ0v) is 11.6. The molecule has 106 valence electrons. The summed E-state index contributed by atoms with van der Waals surface area (Å²) in [5.74, 6) is 1.75. The molecule has 1 aromatic rings. The second-order valence-electron chi connectivity index (χ2n) is 5.36. The van der Waals surface area contributed by atoms with Crippen LogP contribution >= 0.6 is 0 Å². The van der Waals surface area contributed by atoms with Crippen molar-refractivity contribution in [2.45, 2.75) is 39.2 Å². The van der Waals surface area contributed by atoms with Crippen LogP contribution in [0.5, 0.6) is 0 Å². The van der Waals surface area contributed by atoms with Gasteiger partial charge in [0.05, 0.1) is 6.10 Å². The number of hydrogen-bond acceptors (Lipinski definition) is 4. The number of carbonyl (C=O) groups is 1. The first kappa shape index (κ1) is 14.0. The van der Waals surface area contributed by atoms with Gasteiger partial charge in [-0.25, -0.2) is 4.98 Å². The van der Waals surface area contributed by atoms with Gasteiger partial charge in [0.1, 0.15) is 12.2 Å². The Hall–Kier alpha value is -1.43. The molecule has 2 N–H and O–H groups in total. The van der Waals surface area contributed by atoms with E-state index in [0.717, 1.165) is 18.9 Å². The van der Waals surface area contributed by atoms with Gasteiger partial charge in [-0.05, 0) is 12.3 Å². The van der Waals surface area contributed by atoms with Crippen LogP contribution < -0.4 is 5.32 Å². The topological polar surface area (TPSA) is 79.9 Å². The summed E-state index contributed by atoms with van der Waals surface area (Å²) in [5, 5.41) is 9.50. The lowest BCUT2D eigenvalue weighted by atomic mass is 9.93. The molecule has 1 aliphatic rings. The van der Waals surface area contributed by atoms with Crippen LogP contribution in [0.4, 0.5) is 0 Å². The van der Waals surface area contributed by atoms with Crippen LogP contribution in [0, 0.1) is 11.8 Å². The van der Waals surface area contributed by atoms with Crippen molar-refractivity contribution >= 4 is 5.91 Å². The Morgan fingerprint density at radius 2 is 2.47 bits per heavy atom. The Bertz CT molecular complexity index is 391. The van der Waals surface area contributed by atoms with Crippen molar-refractivity contribution in [2.75, 3.05) is 13.2 Å². The number of ether oxygens (including phenoxy) is 1. The first-order chi connectivity index (χ1) is 9.16. The predicted octanol–water partition coefficient (Wildman–Crippen LogP) is 0.915. The summed E-state index contributed by atoms with van der Waals surface area (Å²) in [4.78, 5) is 15.8. The van der Waals surface area contributed by atoms with E-state index in [4.69, 9.17) is 4.74 Å². The molecule has 1 saturated heterocycles. The van der Waals surface area contributed by atoms with Crippen molar-refractivity contribution in [1.82, 2.24) is 20.5 Å². The molecule has 6 nitrogen and oxygen atoms in total. The van der Waals surface area contributed by atoms with Gasteiger partial charge in [0.25, 0.3) is 0 Å². The number of aryl methyl sites for hydroxylation is 1. The minimum atomic E-state index is 0.0609. The minimum Gasteiger partial charge on any atom is -0.378 e. The number of rotatable bonds is 6. The molecule has 0 aliphatic carbocycles. The number of nitrogens with one attached hydrogen (secondary N) is 2. The average Bonchev–Trinajstić information content (AvgIpc) is 3.04. The van der Waals surface area contributed by atoms with Crippen molar-refractivity contribution in [3.05, 3.63) is 12.2 Å². The quantitative estimate of drug-likeness (QED) is 0.802. The number of aromatic nitrogens is 3. The molecular weight excluding hydrogens is 244 g/mol. The molecular formula is C13H22N4O2. The molecule has 19 heavy (non-hydrogen) atoms. The molecule has 0 aromatic carbocycles. The van der Waals surface area contributed by atoms with Crippen LogP contribution in [-0.2, 0) is 16.0 Å². The third-order valence-corrected chi connectivity index (χ3v) is 3.54. The molecule has 2 heterocycles. The fourth-order valence-electron chi connectivity index (χ4n) is 2.53. The molecule has 0 unspecified atom stereocenters. The van der Waals surface area contributed by atoms with Gasteiger partial charge in [0, 0.05) is 31.9 Å². The zero-order valence-electron chi connectivity index (χ0n) is 11.6. The molecule has 0 radical (unpaired) electrons. The SMILES string of the molecule is CC(C)[C@H]1OCC[C@@H]1CNC(=O)CCc1ncn[nH]1. The minimum absolute atomic E-state index is 0.0609. The molecule has 1 aromatic heterocycles. The summed E-state index contributed by atoms with van der Waals surface area (Å²) >= 11 is 0. The van der Waals surface area contributed by atoms with Gasteiger partial charge in [-0.15, -0.1) is 0 Å². The second-order valence-corrected chi connectivity index (χ2v) is 5.36. The number of H-pyrrole nitrogens is 1. The Morgan fingerprint density at radius 3 is 3.16 bits per heavy atom. The lowest BCUT2D eigenvalue weighted by Crippen LogP contribution is -2.35. The Kier molecular flexibility index (Phi) is 4.90. The lowest BCUT2D eigenvalue weighted by Gasteiger charge is -2.22. The van der Waals surface area contributed by atoms with Crippen molar-refractivity contribution in [3.63, 3.8) is 0 Å². The van der Waals surface area contributed by atoms with Gasteiger partial charge in [0.15, 0.2) is 0 Å². The fourth-order valence-corrected chi connectivity index (χ4v) is 2.53. The summed E-state index contributed by atoms with van der Waals surface area (Å²) in [6, 6.07) is 0. The van der Waals surface area contributed by atoms with E-state index < -0.39 is 0 Å². The van der Waals surface area contributed by atoms with Crippen molar-refractivity contribution in [1.29, 1.82) is 0 Å². The fraction of sp³-hybridized carbons (Fsp3) is 0.769. The van der Waals surface area contributed by atoms with Crippen LogP contribution in [-0.4, -0.2) is 40.3 Å². The lowest BCUT2D eigenvalue weighted by molar-refractivity contribution is -0.121. The summed E-state index contributed by atoms with van der Waals surface area (Å²) in [6.45, 7) is 5.84. The highest BCUT2D eigenvalue weighted by molar-refractivity contribution is 5.76. The molecule has 1 fully saturated rings. The molecule has 1 amide bonds. The number of carbonyl (C=O) groups excluding carboxylic acids is 1. The smallest absolute Gasteiger partial charge is 0.220 e. The highest BCUT2D eigenvalue weighted by atomic mass is 16.5. The summed E-state index contributed by atoms with van der Waals surface area (Å²) in [5.41, 5.74) is 0. The third kappa shape index (κ3) is 4.02. The first-order valence-electron chi connectivity index (χ1n) is 6.89. The van der Waals surface area contributed by atoms with E-state index in [1.165, 1.54) is 6.33 Å². The van der Waals surface area contributed by atoms with Crippen molar-refractivity contribution in [2.24, 2.45) is 11.8 Å². The maximum absolute atomic E-state index is 11.8. The Morgan fingerprint density at radius 1 is 1.63 bits per heavy atom. The van der Waals surface area contributed by atoms with E-state index in [1.54, 1.807) is 0 Å². The monoisotopic (exact) mass is 266 g/mol. The van der Waals surface area contributed by atoms with Gasteiger partial charge >= 0.3 is 0 Å². The van der Waals surface area contributed by atoms with Crippen LogP contribution in [0.25, 0.3) is 0 Å². The maximum Gasteiger partial charge on any atom is 0.220 e. The summed E-state index contributed by atoms with van der Waals surface area (Å²) < 4.78 is 5.70. The van der Waals surface area contributed by atoms with Crippen LogP contribution in [0.15, 0.2) is 6.33 Å². The van der Waals surface area contributed by atoms with Crippen molar-refractivity contribution in [3.8, 4) is 0 Å². The molecule has 0 saturated carbocycles. The highest BCUT2D eigenvalue weighted by Crippen LogP contribution is 2.26. The Labute approximate surface area is 113 Å². The Balaban J connectivity index is 1.68. The van der Waals surface area contributed by atoms with Crippen molar-refractivity contribution < 1.29 is 9.53 Å². The predicted molar refractivity (Wildman–Crippen MR) is 70.4 cm³/mol. The van der Waals surface area contributed by atoms with E-state index >= 15 is 0 Å². The van der Waals surface area contributed by atoms with Gasteiger partial charge in [0.2, 0.25) is 5.91 Å². The highest BCUT2D eigenvalue weighted by Gasteiger charge is 2.30. The third-order valence-electron chi connectivity index (χ3n) is 3.54. The number of hydrogen-bond donors (Lipinski definition) is 2. The molecule has 1 aliphatic heterocycles. The van der Waals surface area contributed by atoms with E-state index in [-0.39, 0.29) is 12.0 Å². The van der Waals surface area contributed by atoms with Gasteiger partial charge in [-0.1, -0.05) is 13.8 Å². The van der Waals surface area contributed by atoms with Gasteiger partial charge < -0.3 is 10.1 Å². The normalized spacial score (nSPS) is 22.9. The summed E-state index contributed by atoms with van der Waals surface area (Å²) in [6.07, 6.45) is 3.80. The number of nitrogens with zero attached hydrogens (tertiary/aromatic N) is 2. The van der Waals surface area contributed by atoms with E-state index in [2.05, 4.69) is 34.3 Å². The number of amides is 1. The van der Waals surface area contributed by atoms with E-state index in [9.17, 15) is 4.79 Å². The van der Waals surface area contributed by atoms with Gasteiger partial charge in [-0.2, -0.15) is 5.10 Å². The average molecular weight is 266 g/mol.